The lowest BCUT2D eigenvalue weighted by Gasteiger charge is -2.27. The molecule has 0 atom stereocenters. The summed E-state index contributed by atoms with van der Waals surface area (Å²) in [7, 11) is 0. The van der Waals surface area contributed by atoms with E-state index >= 15 is 0 Å². The van der Waals surface area contributed by atoms with Gasteiger partial charge in [0.1, 0.15) is 23.3 Å². The van der Waals surface area contributed by atoms with E-state index in [0.717, 1.165) is 13.1 Å². The normalized spacial score (nSPS) is 13.7. The van der Waals surface area contributed by atoms with Gasteiger partial charge in [0.25, 0.3) is 5.91 Å². The molecule has 1 aliphatic rings. The van der Waals surface area contributed by atoms with Crippen molar-refractivity contribution in [2.45, 2.75) is 32.3 Å². The van der Waals surface area contributed by atoms with Crippen LogP contribution in [0.25, 0.3) is 0 Å². The zero-order chi connectivity index (χ0) is 23.4. The Kier molecular flexibility index (Phi) is 6.27. The molecule has 10 heteroatoms. The van der Waals surface area contributed by atoms with Crippen molar-refractivity contribution < 1.29 is 18.8 Å². The molecule has 1 fully saturated rings. The van der Waals surface area contributed by atoms with Crippen molar-refractivity contribution in [2.75, 3.05) is 29.0 Å². The highest BCUT2D eigenvalue weighted by molar-refractivity contribution is 6.03. The quantitative estimate of drug-likeness (QED) is 0.451. The van der Waals surface area contributed by atoms with Gasteiger partial charge in [-0.25, -0.2) is 9.78 Å². The number of hydrogen-bond donors (Lipinski definition) is 4. The fourth-order valence-corrected chi connectivity index (χ4v) is 2.92. The van der Waals surface area contributed by atoms with Crippen molar-refractivity contribution in [1.82, 2.24) is 15.5 Å². The number of carbonyl (C=O) groups excluding carboxylic acids is 2. The number of ether oxygens (including phenoxy) is 1. The summed E-state index contributed by atoms with van der Waals surface area (Å²) in [5.41, 5.74) is 1.19. The summed E-state index contributed by atoms with van der Waals surface area (Å²) in [6.07, 6.45) is 1.69. The van der Waals surface area contributed by atoms with Gasteiger partial charge in [-0.3, -0.25) is 10.1 Å². The van der Waals surface area contributed by atoms with Crippen molar-refractivity contribution in [3.63, 3.8) is 0 Å². The zero-order valence-corrected chi connectivity index (χ0v) is 18.6. The number of carbonyl (C=O) groups is 2. The number of hydrogen-bond acceptors (Lipinski definition) is 7. The first-order chi connectivity index (χ1) is 15.8. The highest BCUT2D eigenvalue weighted by atomic mass is 16.5. The van der Waals surface area contributed by atoms with Crippen molar-refractivity contribution in [1.29, 1.82) is 0 Å². The fourth-order valence-electron chi connectivity index (χ4n) is 2.92. The average Bonchev–Trinajstić information content (AvgIpc) is 3.21. The van der Waals surface area contributed by atoms with Crippen LogP contribution in [0.2, 0.25) is 0 Å². The Hall–Kier alpha value is -3.92. The molecule has 0 bridgehead atoms. The standard InChI is InChI=1S/C23H26N6O4/c1-23(2,3)19-10-20(29-33-19)28-22(31)27-15-6-4-14(5-7-15)26-21(30)18-9-8-16(13-25-18)32-17-11-24-12-17/h4-10,13,17,24H,11-12H2,1-3H3,(H,26,30)(H2,27,28,29,31). The highest BCUT2D eigenvalue weighted by Crippen LogP contribution is 2.24. The number of rotatable bonds is 6. The molecule has 3 aromatic rings. The van der Waals surface area contributed by atoms with Gasteiger partial charge in [0, 0.05) is 35.9 Å². The van der Waals surface area contributed by atoms with Crippen LogP contribution in [-0.4, -0.2) is 41.3 Å². The minimum absolute atomic E-state index is 0.151. The van der Waals surface area contributed by atoms with Gasteiger partial charge in [0.2, 0.25) is 0 Å². The molecule has 1 aromatic carbocycles. The van der Waals surface area contributed by atoms with E-state index in [1.165, 1.54) is 6.20 Å². The Balaban J connectivity index is 1.28. The maximum absolute atomic E-state index is 12.4. The molecule has 0 unspecified atom stereocenters. The van der Waals surface area contributed by atoms with Crippen LogP contribution >= 0.6 is 0 Å². The molecule has 2 aromatic heterocycles. The molecule has 0 radical (unpaired) electrons. The van der Waals surface area contributed by atoms with Gasteiger partial charge in [0.15, 0.2) is 5.82 Å². The van der Waals surface area contributed by atoms with Crippen molar-refractivity contribution >= 4 is 29.1 Å². The third-order valence-electron chi connectivity index (χ3n) is 4.91. The summed E-state index contributed by atoms with van der Waals surface area (Å²) in [4.78, 5) is 28.8. The van der Waals surface area contributed by atoms with Gasteiger partial charge in [-0.2, -0.15) is 0 Å². The van der Waals surface area contributed by atoms with E-state index in [-0.39, 0.29) is 23.1 Å². The predicted molar refractivity (Wildman–Crippen MR) is 124 cm³/mol. The summed E-state index contributed by atoms with van der Waals surface area (Å²) in [5, 5.41) is 15.1. The van der Waals surface area contributed by atoms with Gasteiger partial charge in [-0.1, -0.05) is 25.9 Å². The second kappa shape index (κ2) is 9.29. The van der Waals surface area contributed by atoms with Gasteiger partial charge < -0.3 is 25.2 Å². The number of nitrogens with one attached hydrogen (secondary N) is 4. The first kappa shape index (κ1) is 22.3. The van der Waals surface area contributed by atoms with Crippen LogP contribution in [0.4, 0.5) is 22.0 Å². The van der Waals surface area contributed by atoms with Gasteiger partial charge in [-0.05, 0) is 36.4 Å². The lowest BCUT2D eigenvalue weighted by Crippen LogP contribution is -2.50. The summed E-state index contributed by atoms with van der Waals surface area (Å²) < 4.78 is 10.9. The number of urea groups is 1. The average molecular weight is 450 g/mol. The molecule has 3 heterocycles. The van der Waals surface area contributed by atoms with E-state index < -0.39 is 6.03 Å². The number of aromatic nitrogens is 2. The van der Waals surface area contributed by atoms with Gasteiger partial charge in [0.05, 0.1) is 6.20 Å². The van der Waals surface area contributed by atoms with Gasteiger partial charge in [-0.15, -0.1) is 0 Å². The Morgan fingerprint density at radius 2 is 1.73 bits per heavy atom. The van der Waals surface area contributed by atoms with E-state index in [2.05, 4.69) is 31.4 Å². The van der Waals surface area contributed by atoms with Crippen molar-refractivity contribution in [2.24, 2.45) is 0 Å². The molecule has 33 heavy (non-hydrogen) atoms. The van der Waals surface area contributed by atoms with Crippen molar-refractivity contribution in [3.05, 3.63) is 60.1 Å². The van der Waals surface area contributed by atoms with E-state index in [1.807, 2.05) is 20.8 Å². The summed E-state index contributed by atoms with van der Waals surface area (Å²) in [6, 6.07) is 11.3. The van der Waals surface area contributed by atoms with Gasteiger partial charge >= 0.3 is 6.03 Å². The van der Waals surface area contributed by atoms with Crippen LogP contribution < -0.4 is 26.0 Å². The molecule has 10 nitrogen and oxygen atoms in total. The molecule has 0 spiro atoms. The Labute approximate surface area is 191 Å². The Morgan fingerprint density at radius 3 is 2.27 bits per heavy atom. The highest BCUT2D eigenvalue weighted by Gasteiger charge is 2.20. The van der Waals surface area contributed by atoms with E-state index in [1.54, 1.807) is 42.5 Å². The number of anilines is 3. The van der Waals surface area contributed by atoms with E-state index in [4.69, 9.17) is 9.26 Å². The number of nitrogens with zero attached hydrogens (tertiary/aromatic N) is 2. The maximum atomic E-state index is 12.4. The van der Waals surface area contributed by atoms with Crippen LogP contribution in [-0.2, 0) is 5.41 Å². The van der Waals surface area contributed by atoms with Crippen molar-refractivity contribution in [3.8, 4) is 5.75 Å². The summed E-state index contributed by atoms with van der Waals surface area (Å²) in [6.45, 7) is 7.60. The summed E-state index contributed by atoms with van der Waals surface area (Å²) in [5.74, 6) is 1.29. The second-order valence-corrected chi connectivity index (χ2v) is 8.71. The SMILES string of the molecule is CC(C)(C)c1cc(NC(=O)Nc2ccc(NC(=O)c3ccc(OC4CNC4)cn3)cc2)no1. The molecule has 3 amide bonds. The minimum atomic E-state index is -0.454. The number of amides is 3. The van der Waals surface area contributed by atoms with Crippen LogP contribution in [0.3, 0.4) is 0 Å². The summed E-state index contributed by atoms with van der Waals surface area (Å²) >= 11 is 0. The first-order valence-electron chi connectivity index (χ1n) is 10.6. The Morgan fingerprint density at radius 1 is 1.03 bits per heavy atom. The minimum Gasteiger partial charge on any atom is -0.486 e. The monoisotopic (exact) mass is 450 g/mol. The molecular weight excluding hydrogens is 424 g/mol. The molecule has 1 saturated heterocycles. The third-order valence-corrected chi connectivity index (χ3v) is 4.91. The molecule has 172 valence electrons. The second-order valence-electron chi connectivity index (χ2n) is 8.71. The fraction of sp³-hybridized carbons (Fsp3) is 0.304. The largest absolute Gasteiger partial charge is 0.486 e. The van der Waals surface area contributed by atoms with Crippen LogP contribution in [0, 0.1) is 0 Å². The third kappa shape index (κ3) is 5.86. The lowest BCUT2D eigenvalue weighted by atomic mass is 9.93. The number of pyridine rings is 1. The molecule has 0 aliphatic carbocycles. The molecular formula is C23H26N6O4. The Bertz CT molecular complexity index is 1120. The number of benzene rings is 1. The topological polar surface area (TPSA) is 130 Å². The molecule has 0 saturated carbocycles. The van der Waals surface area contributed by atoms with E-state index in [0.29, 0.717) is 28.7 Å². The predicted octanol–water partition coefficient (Wildman–Crippen LogP) is 3.61. The smallest absolute Gasteiger partial charge is 0.324 e. The molecule has 4 rings (SSSR count). The lowest BCUT2D eigenvalue weighted by molar-refractivity contribution is 0.102. The molecule has 4 N–H and O–H groups in total. The zero-order valence-electron chi connectivity index (χ0n) is 18.6. The van der Waals surface area contributed by atoms with Crippen LogP contribution in [0.15, 0.2) is 53.2 Å². The van der Waals surface area contributed by atoms with Crippen LogP contribution in [0.5, 0.6) is 5.75 Å². The molecule has 1 aliphatic heterocycles. The van der Waals surface area contributed by atoms with E-state index in [9.17, 15) is 9.59 Å². The first-order valence-corrected chi connectivity index (χ1v) is 10.6. The van der Waals surface area contributed by atoms with Crippen LogP contribution in [0.1, 0.15) is 37.0 Å². The maximum Gasteiger partial charge on any atom is 0.324 e.